The van der Waals surface area contributed by atoms with Gasteiger partial charge in [0.2, 0.25) is 11.8 Å². The zero-order valence-electron chi connectivity index (χ0n) is 20.4. The lowest BCUT2D eigenvalue weighted by Gasteiger charge is -2.43. The van der Waals surface area contributed by atoms with E-state index in [0.717, 1.165) is 44.0 Å². The SMILES string of the molecule is C[Si](C)(C)CCOCN1CCC2(CC(C(=O)N[C@H](c3cccc(Cl)c3)C3CCCC3)C2)C1=O. The second-order valence-electron chi connectivity index (χ2n) is 11.6. The number of hydrogen-bond donors (Lipinski definition) is 1. The predicted molar refractivity (Wildman–Crippen MR) is 135 cm³/mol. The van der Waals surface area contributed by atoms with Gasteiger partial charge in [0.05, 0.1) is 11.5 Å². The van der Waals surface area contributed by atoms with Crippen molar-refractivity contribution in [1.82, 2.24) is 10.2 Å². The second kappa shape index (κ2) is 10.1. The Morgan fingerprint density at radius 2 is 2.00 bits per heavy atom. The number of carbonyl (C=O) groups is 2. The van der Waals surface area contributed by atoms with E-state index < -0.39 is 8.07 Å². The van der Waals surface area contributed by atoms with Gasteiger partial charge in [0.15, 0.2) is 0 Å². The maximum atomic E-state index is 13.2. The molecule has 1 aromatic carbocycles. The molecule has 1 spiro atoms. The number of nitrogens with zero attached hydrogens (tertiary/aromatic N) is 1. The molecule has 1 aromatic rings. The van der Waals surface area contributed by atoms with Crippen LogP contribution in [0.25, 0.3) is 0 Å². The third-order valence-corrected chi connectivity index (χ3v) is 9.81. The van der Waals surface area contributed by atoms with Gasteiger partial charge in [0.1, 0.15) is 6.73 Å². The number of halogens is 1. The second-order valence-corrected chi connectivity index (χ2v) is 17.7. The smallest absolute Gasteiger partial charge is 0.230 e. The molecule has 2 saturated carbocycles. The van der Waals surface area contributed by atoms with Gasteiger partial charge in [0, 0.05) is 32.2 Å². The molecule has 2 aliphatic carbocycles. The lowest BCUT2D eigenvalue weighted by molar-refractivity contribution is -0.150. The summed E-state index contributed by atoms with van der Waals surface area (Å²) >= 11 is 6.25. The minimum absolute atomic E-state index is 0.00537. The quantitative estimate of drug-likeness (QED) is 0.360. The first kappa shape index (κ1) is 24.7. The highest BCUT2D eigenvalue weighted by Crippen LogP contribution is 2.53. The standard InChI is InChI=1S/C26H39ClN2O3Si/c1-33(2,3)14-13-32-18-29-12-11-26(25(29)31)16-21(17-26)24(30)28-23(19-7-4-5-8-19)20-9-6-10-22(27)15-20/h6,9-10,15,19,21,23H,4-5,7-8,11-14,16-18H2,1-3H3,(H,28,30)/t21?,23-,26?/m0/s1. The summed E-state index contributed by atoms with van der Waals surface area (Å²) in [5.74, 6) is 0.653. The highest BCUT2D eigenvalue weighted by Gasteiger charge is 2.57. The Morgan fingerprint density at radius 1 is 1.27 bits per heavy atom. The summed E-state index contributed by atoms with van der Waals surface area (Å²) < 4.78 is 5.82. The molecule has 1 saturated heterocycles. The first-order chi connectivity index (χ1) is 15.7. The van der Waals surface area contributed by atoms with Gasteiger partial charge in [-0.2, -0.15) is 0 Å². The molecular weight excluding hydrogens is 452 g/mol. The van der Waals surface area contributed by atoms with Crippen LogP contribution in [-0.2, 0) is 14.3 Å². The van der Waals surface area contributed by atoms with E-state index in [4.69, 9.17) is 16.3 Å². The average Bonchev–Trinajstić information content (AvgIpc) is 3.36. The number of carbonyl (C=O) groups excluding carboxylic acids is 2. The van der Waals surface area contributed by atoms with Gasteiger partial charge in [-0.15, -0.1) is 0 Å². The zero-order valence-corrected chi connectivity index (χ0v) is 22.1. The van der Waals surface area contributed by atoms with Crippen LogP contribution in [0.5, 0.6) is 0 Å². The van der Waals surface area contributed by atoms with Crippen LogP contribution in [0.3, 0.4) is 0 Å². The number of hydrogen-bond acceptors (Lipinski definition) is 3. The number of rotatable bonds is 9. The molecule has 3 fully saturated rings. The van der Waals surface area contributed by atoms with E-state index in [1.165, 1.54) is 12.8 Å². The molecule has 1 atom stereocenters. The van der Waals surface area contributed by atoms with Crippen molar-refractivity contribution in [1.29, 1.82) is 0 Å². The van der Waals surface area contributed by atoms with Gasteiger partial charge < -0.3 is 15.0 Å². The van der Waals surface area contributed by atoms with Crippen molar-refractivity contribution in [3.8, 4) is 0 Å². The maximum absolute atomic E-state index is 13.2. The Labute approximate surface area is 204 Å². The highest BCUT2D eigenvalue weighted by atomic mass is 35.5. The van der Waals surface area contributed by atoms with Crippen molar-refractivity contribution < 1.29 is 14.3 Å². The normalized spacial score (nSPS) is 26.6. The fourth-order valence-electron chi connectivity index (χ4n) is 5.75. The van der Waals surface area contributed by atoms with Crippen molar-refractivity contribution in [2.45, 2.75) is 76.7 Å². The molecule has 0 radical (unpaired) electrons. The number of benzene rings is 1. The van der Waals surface area contributed by atoms with Gasteiger partial charge >= 0.3 is 0 Å². The van der Waals surface area contributed by atoms with E-state index >= 15 is 0 Å². The third kappa shape index (κ3) is 5.83. The van der Waals surface area contributed by atoms with Crippen molar-refractivity contribution >= 4 is 31.5 Å². The summed E-state index contributed by atoms with van der Waals surface area (Å²) in [6, 6.07) is 9.00. The molecule has 0 bridgehead atoms. The summed E-state index contributed by atoms with van der Waals surface area (Å²) in [5, 5.41) is 4.05. The van der Waals surface area contributed by atoms with Crippen molar-refractivity contribution in [2.24, 2.45) is 17.3 Å². The Balaban J connectivity index is 1.30. The first-order valence-corrected chi connectivity index (χ1v) is 16.7. The summed E-state index contributed by atoms with van der Waals surface area (Å²) in [5.41, 5.74) is 0.749. The summed E-state index contributed by atoms with van der Waals surface area (Å²) in [6.07, 6.45) is 6.87. The summed E-state index contributed by atoms with van der Waals surface area (Å²) in [7, 11) is -1.13. The fourth-order valence-corrected chi connectivity index (χ4v) is 6.71. The van der Waals surface area contributed by atoms with Crippen molar-refractivity contribution in [3.63, 3.8) is 0 Å². The van der Waals surface area contributed by atoms with Gasteiger partial charge in [-0.25, -0.2) is 0 Å². The Morgan fingerprint density at radius 3 is 2.67 bits per heavy atom. The van der Waals surface area contributed by atoms with E-state index in [1.54, 1.807) is 0 Å². The van der Waals surface area contributed by atoms with Crippen LogP contribution in [0, 0.1) is 17.3 Å². The predicted octanol–water partition coefficient (Wildman–Crippen LogP) is 5.63. The minimum Gasteiger partial charge on any atom is -0.361 e. The molecule has 0 unspecified atom stereocenters. The molecule has 33 heavy (non-hydrogen) atoms. The molecule has 0 aromatic heterocycles. The molecule has 182 valence electrons. The monoisotopic (exact) mass is 490 g/mol. The van der Waals surface area contributed by atoms with Crippen LogP contribution in [0.15, 0.2) is 24.3 Å². The van der Waals surface area contributed by atoms with Crippen LogP contribution in [0.4, 0.5) is 0 Å². The average molecular weight is 491 g/mol. The van der Waals surface area contributed by atoms with Crippen molar-refractivity contribution in [2.75, 3.05) is 19.9 Å². The molecule has 3 aliphatic rings. The number of amides is 2. The molecule has 1 heterocycles. The summed E-state index contributed by atoms with van der Waals surface area (Å²) in [4.78, 5) is 28.1. The van der Waals surface area contributed by atoms with Crippen LogP contribution < -0.4 is 5.32 Å². The van der Waals surface area contributed by atoms with Crippen LogP contribution in [0.1, 0.15) is 56.6 Å². The maximum Gasteiger partial charge on any atom is 0.230 e. The Kier molecular flexibility index (Phi) is 7.56. The van der Waals surface area contributed by atoms with E-state index in [2.05, 4.69) is 31.0 Å². The van der Waals surface area contributed by atoms with E-state index in [0.29, 0.717) is 30.5 Å². The van der Waals surface area contributed by atoms with Crippen LogP contribution in [-0.4, -0.2) is 44.7 Å². The minimum atomic E-state index is -1.13. The molecule has 2 amide bonds. The van der Waals surface area contributed by atoms with Crippen LogP contribution in [0.2, 0.25) is 30.7 Å². The fraction of sp³-hybridized carbons (Fsp3) is 0.692. The van der Waals surface area contributed by atoms with E-state index in [1.807, 2.05) is 23.1 Å². The lowest BCUT2D eigenvalue weighted by Crippen LogP contribution is -2.50. The highest BCUT2D eigenvalue weighted by molar-refractivity contribution is 6.76. The molecule has 1 N–H and O–H groups in total. The first-order valence-electron chi connectivity index (χ1n) is 12.6. The molecule has 4 rings (SSSR count). The lowest BCUT2D eigenvalue weighted by atomic mass is 9.60. The Hall–Kier alpha value is -1.37. The van der Waals surface area contributed by atoms with Gasteiger partial charge in [0.25, 0.3) is 0 Å². The van der Waals surface area contributed by atoms with E-state index in [-0.39, 0.29) is 29.2 Å². The number of likely N-dealkylation sites (tertiary alicyclic amines) is 1. The topological polar surface area (TPSA) is 58.6 Å². The van der Waals surface area contributed by atoms with Gasteiger partial charge in [-0.05, 0) is 61.8 Å². The molecule has 7 heteroatoms. The van der Waals surface area contributed by atoms with Gasteiger partial charge in [-0.3, -0.25) is 9.59 Å². The van der Waals surface area contributed by atoms with Crippen LogP contribution >= 0.6 is 11.6 Å². The largest absolute Gasteiger partial charge is 0.361 e. The third-order valence-electron chi connectivity index (χ3n) is 7.87. The van der Waals surface area contributed by atoms with Gasteiger partial charge in [-0.1, -0.05) is 56.2 Å². The summed E-state index contributed by atoms with van der Waals surface area (Å²) in [6.45, 7) is 8.85. The van der Waals surface area contributed by atoms with Crippen molar-refractivity contribution in [3.05, 3.63) is 34.9 Å². The number of nitrogens with one attached hydrogen (secondary N) is 1. The molecular formula is C26H39ClN2O3Si. The zero-order chi connectivity index (χ0) is 23.6. The molecule has 5 nitrogen and oxygen atoms in total. The van der Waals surface area contributed by atoms with E-state index in [9.17, 15) is 9.59 Å². The Bertz CT molecular complexity index is 859. The number of ether oxygens (including phenoxy) is 1. The molecule has 1 aliphatic heterocycles.